The van der Waals surface area contributed by atoms with Crippen molar-refractivity contribution in [2.75, 3.05) is 11.9 Å². The Morgan fingerprint density at radius 1 is 1.24 bits per heavy atom. The molecule has 0 aliphatic carbocycles. The molecule has 25 heavy (non-hydrogen) atoms. The number of nitrogens with zero attached hydrogens (tertiary/aromatic N) is 1. The molecule has 2 amide bonds. The van der Waals surface area contributed by atoms with Crippen molar-refractivity contribution in [1.29, 1.82) is 0 Å². The van der Waals surface area contributed by atoms with Crippen LogP contribution in [-0.4, -0.2) is 35.0 Å². The van der Waals surface area contributed by atoms with Gasteiger partial charge in [-0.15, -0.1) is 0 Å². The third-order valence-electron chi connectivity index (χ3n) is 3.20. The molecule has 0 spiro atoms. The summed E-state index contributed by atoms with van der Waals surface area (Å²) in [5.41, 5.74) is 6.80. The average Bonchev–Trinajstić information content (AvgIpc) is 2.60. The van der Waals surface area contributed by atoms with Crippen LogP contribution >= 0.6 is 0 Å². The van der Waals surface area contributed by atoms with Gasteiger partial charge in [-0.1, -0.05) is 30.3 Å². The Morgan fingerprint density at radius 2 is 2.00 bits per heavy atom. The molecule has 1 atom stereocenters. The molecule has 1 heterocycles. The van der Waals surface area contributed by atoms with Crippen molar-refractivity contribution in [3.05, 3.63) is 59.9 Å². The predicted molar refractivity (Wildman–Crippen MR) is 89.7 cm³/mol. The van der Waals surface area contributed by atoms with Crippen molar-refractivity contribution in [3.8, 4) is 0 Å². The first-order valence-corrected chi connectivity index (χ1v) is 7.56. The summed E-state index contributed by atoms with van der Waals surface area (Å²) in [7, 11) is 0. The minimum atomic E-state index is -0.974. The smallest absolute Gasteiger partial charge is 0.411 e. The number of aromatic nitrogens is 1. The molecule has 0 radical (unpaired) electrons. The molecule has 0 aliphatic rings. The van der Waals surface area contributed by atoms with Gasteiger partial charge in [-0.3, -0.25) is 10.3 Å². The van der Waals surface area contributed by atoms with Crippen LogP contribution in [0.5, 0.6) is 0 Å². The summed E-state index contributed by atoms with van der Waals surface area (Å²) >= 11 is 0. The van der Waals surface area contributed by atoms with Crippen LogP contribution in [0.4, 0.5) is 15.3 Å². The lowest BCUT2D eigenvalue weighted by molar-refractivity contribution is 0.0634. The lowest BCUT2D eigenvalue weighted by atomic mass is 10.2. The molecule has 0 saturated heterocycles. The number of benzene rings is 1. The molecule has 1 aromatic carbocycles. The third-order valence-corrected chi connectivity index (χ3v) is 3.20. The van der Waals surface area contributed by atoms with Gasteiger partial charge in [0.2, 0.25) is 0 Å². The van der Waals surface area contributed by atoms with E-state index in [2.05, 4.69) is 10.3 Å². The van der Waals surface area contributed by atoms with Gasteiger partial charge in [0.05, 0.1) is 6.61 Å². The molecule has 2 rings (SSSR count). The molecule has 0 unspecified atom stereocenters. The maximum Gasteiger partial charge on any atom is 0.411 e. The number of aliphatic hydroxyl groups excluding tert-OH is 1. The summed E-state index contributed by atoms with van der Waals surface area (Å²) in [6.45, 7) is -0.231. The number of nitrogens with one attached hydrogen (secondary N) is 1. The standard InChI is InChI=1S/C17H19N3O5/c18-16(22)25-15(10-21)9-14-8-13(6-7-19-14)20-17(23)24-11-12-4-2-1-3-5-12/h1-8,15,21H,9-11H2,(H2,18,22)(H,19,20,23)/t15-/m0/s1. The van der Waals surface area contributed by atoms with Gasteiger partial charge in [0, 0.05) is 24.0 Å². The van der Waals surface area contributed by atoms with Crippen LogP contribution in [0.25, 0.3) is 0 Å². The van der Waals surface area contributed by atoms with Crippen molar-refractivity contribution in [3.63, 3.8) is 0 Å². The first-order chi connectivity index (χ1) is 12.1. The maximum absolute atomic E-state index is 11.8. The largest absolute Gasteiger partial charge is 0.444 e. The molecule has 8 heteroatoms. The Balaban J connectivity index is 1.89. The van der Waals surface area contributed by atoms with E-state index in [0.717, 1.165) is 5.56 Å². The van der Waals surface area contributed by atoms with E-state index in [1.165, 1.54) is 6.20 Å². The Kier molecular flexibility index (Phi) is 6.73. The summed E-state index contributed by atoms with van der Waals surface area (Å²) < 4.78 is 9.88. The number of primary amides is 1. The van der Waals surface area contributed by atoms with Crippen molar-refractivity contribution in [2.45, 2.75) is 19.1 Å². The van der Waals surface area contributed by atoms with Gasteiger partial charge in [-0.05, 0) is 17.7 Å². The number of carbonyl (C=O) groups excluding carboxylic acids is 2. The Labute approximate surface area is 144 Å². The van der Waals surface area contributed by atoms with E-state index in [-0.39, 0.29) is 19.6 Å². The molecular weight excluding hydrogens is 326 g/mol. The lowest BCUT2D eigenvalue weighted by Gasteiger charge is -2.14. The second kappa shape index (κ2) is 9.24. The van der Waals surface area contributed by atoms with Crippen molar-refractivity contribution in [2.24, 2.45) is 5.73 Å². The highest BCUT2D eigenvalue weighted by atomic mass is 16.6. The second-order valence-electron chi connectivity index (χ2n) is 5.17. The van der Waals surface area contributed by atoms with Crippen LogP contribution in [-0.2, 0) is 22.5 Å². The zero-order valence-corrected chi connectivity index (χ0v) is 13.4. The zero-order valence-electron chi connectivity index (χ0n) is 13.4. The molecule has 2 aromatic rings. The van der Waals surface area contributed by atoms with Crippen LogP contribution in [0.3, 0.4) is 0 Å². The summed E-state index contributed by atoms with van der Waals surface area (Å²) in [6.07, 6.45) is -0.731. The highest BCUT2D eigenvalue weighted by molar-refractivity contribution is 5.84. The van der Waals surface area contributed by atoms with Gasteiger partial charge in [0.25, 0.3) is 0 Å². The molecule has 4 N–H and O–H groups in total. The Bertz CT molecular complexity index is 708. The number of rotatable bonds is 7. The van der Waals surface area contributed by atoms with Gasteiger partial charge in [-0.2, -0.15) is 0 Å². The molecule has 1 aromatic heterocycles. The molecule has 132 valence electrons. The van der Waals surface area contributed by atoms with Gasteiger partial charge in [0.1, 0.15) is 12.7 Å². The predicted octanol–water partition coefficient (Wildman–Crippen LogP) is 1.83. The topological polar surface area (TPSA) is 124 Å². The maximum atomic E-state index is 11.8. The first-order valence-electron chi connectivity index (χ1n) is 7.56. The van der Waals surface area contributed by atoms with Crippen molar-refractivity contribution >= 4 is 17.9 Å². The van der Waals surface area contributed by atoms with Crippen LogP contribution < -0.4 is 11.1 Å². The highest BCUT2D eigenvalue weighted by Crippen LogP contribution is 2.12. The van der Waals surface area contributed by atoms with Gasteiger partial charge in [0.15, 0.2) is 0 Å². The van der Waals surface area contributed by atoms with E-state index in [9.17, 15) is 14.7 Å². The minimum absolute atomic E-state index is 0.156. The number of hydrogen-bond donors (Lipinski definition) is 3. The molecule has 0 fully saturated rings. The molecule has 0 aliphatic heterocycles. The lowest BCUT2D eigenvalue weighted by Crippen LogP contribution is -2.28. The highest BCUT2D eigenvalue weighted by Gasteiger charge is 2.14. The first kappa shape index (κ1) is 18.2. The number of ether oxygens (including phenoxy) is 2. The van der Waals surface area contributed by atoms with Gasteiger partial charge < -0.3 is 20.3 Å². The average molecular weight is 345 g/mol. The normalized spacial score (nSPS) is 11.4. The van der Waals surface area contributed by atoms with Crippen LogP contribution in [0.1, 0.15) is 11.3 Å². The number of amides is 2. The fourth-order valence-electron chi connectivity index (χ4n) is 2.09. The van der Waals surface area contributed by atoms with Crippen molar-refractivity contribution < 1.29 is 24.2 Å². The molecule has 0 saturated carbocycles. The van der Waals surface area contributed by atoms with E-state index in [4.69, 9.17) is 15.2 Å². The SMILES string of the molecule is NC(=O)O[C@H](CO)Cc1cc(NC(=O)OCc2ccccc2)ccn1. The third kappa shape index (κ3) is 6.48. The quantitative estimate of drug-likeness (QED) is 0.703. The van der Waals surface area contributed by atoms with E-state index in [0.29, 0.717) is 11.4 Å². The van der Waals surface area contributed by atoms with E-state index in [1.54, 1.807) is 12.1 Å². The monoisotopic (exact) mass is 345 g/mol. The fourth-order valence-corrected chi connectivity index (χ4v) is 2.09. The zero-order chi connectivity index (χ0) is 18.1. The number of hydrogen-bond acceptors (Lipinski definition) is 6. The number of nitrogens with two attached hydrogens (primary N) is 1. The second-order valence-corrected chi connectivity index (χ2v) is 5.17. The number of carbonyl (C=O) groups is 2. The summed E-state index contributed by atoms with van der Waals surface area (Å²) in [5.74, 6) is 0. The molecular formula is C17H19N3O5. The number of anilines is 1. The Hall–Kier alpha value is -3.13. The van der Waals surface area contributed by atoms with E-state index in [1.807, 2.05) is 30.3 Å². The van der Waals surface area contributed by atoms with E-state index < -0.39 is 18.3 Å². The summed E-state index contributed by atoms with van der Waals surface area (Å²) in [4.78, 5) is 26.7. The number of pyridine rings is 1. The molecule has 8 nitrogen and oxygen atoms in total. The van der Waals surface area contributed by atoms with Crippen LogP contribution in [0.15, 0.2) is 48.7 Å². The number of aliphatic hydroxyl groups is 1. The van der Waals surface area contributed by atoms with Crippen LogP contribution in [0.2, 0.25) is 0 Å². The Morgan fingerprint density at radius 3 is 2.68 bits per heavy atom. The molecule has 0 bridgehead atoms. The fraction of sp³-hybridized carbons (Fsp3) is 0.235. The van der Waals surface area contributed by atoms with Crippen molar-refractivity contribution in [1.82, 2.24) is 4.98 Å². The summed E-state index contributed by atoms with van der Waals surface area (Å²) in [5, 5.41) is 11.8. The van der Waals surface area contributed by atoms with Gasteiger partial charge >= 0.3 is 12.2 Å². The van der Waals surface area contributed by atoms with Gasteiger partial charge in [-0.25, -0.2) is 9.59 Å². The minimum Gasteiger partial charge on any atom is -0.444 e. The van der Waals surface area contributed by atoms with E-state index >= 15 is 0 Å². The van der Waals surface area contributed by atoms with Crippen LogP contribution in [0, 0.1) is 0 Å². The summed E-state index contributed by atoms with van der Waals surface area (Å²) in [6, 6.07) is 12.5.